The Hall–Kier alpha value is -2.27. The highest BCUT2D eigenvalue weighted by atomic mass is 16.5. The van der Waals surface area contributed by atoms with Gasteiger partial charge in [-0.3, -0.25) is 9.98 Å². The molecule has 0 aliphatic carbocycles. The zero-order valence-electron chi connectivity index (χ0n) is 9.95. The van der Waals surface area contributed by atoms with Crippen LogP contribution in [-0.2, 0) is 0 Å². The summed E-state index contributed by atoms with van der Waals surface area (Å²) >= 11 is 0. The molecule has 0 amide bonds. The summed E-state index contributed by atoms with van der Waals surface area (Å²) in [5.41, 5.74) is 2.08. The van der Waals surface area contributed by atoms with Crippen LogP contribution in [0.3, 0.4) is 0 Å². The Morgan fingerprint density at radius 2 is 2.22 bits per heavy atom. The van der Waals surface area contributed by atoms with E-state index in [1.165, 1.54) is 6.21 Å². The first-order valence-corrected chi connectivity index (χ1v) is 5.41. The minimum absolute atomic E-state index is 0.266. The topological polar surface area (TPSA) is 67.6 Å². The third kappa shape index (κ3) is 2.89. The average Bonchev–Trinajstić information content (AvgIpc) is 2.45. The fourth-order valence-corrected chi connectivity index (χ4v) is 1.49. The summed E-state index contributed by atoms with van der Waals surface area (Å²) in [4.78, 5) is 12.4. The van der Waals surface area contributed by atoms with Crippen LogP contribution in [0.15, 0.2) is 41.5 Å². The van der Waals surface area contributed by atoms with Gasteiger partial charge < -0.3 is 9.84 Å². The molecule has 18 heavy (non-hydrogen) atoms. The molecular formula is C13H13N3O2. The fraction of sp³-hybridized carbons (Fsp3) is 0.154. The van der Waals surface area contributed by atoms with E-state index in [0.29, 0.717) is 17.1 Å². The van der Waals surface area contributed by atoms with Gasteiger partial charge in [0.2, 0.25) is 0 Å². The standard InChI is InChI=1S/C13H13N3O2/c1-18-11-6-10(8-14-9-17)16-13(7-11)12-4-2-3-5-15-12/h2-8,17H,9H2,1H3/b14-8+. The third-order valence-electron chi connectivity index (χ3n) is 2.29. The molecule has 0 saturated carbocycles. The van der Waals surface area contributed by atoms with E-state index in [1.807, 2.05) is 18.2 Å². The molecule has 5 nitrogen and oxygen atoms in total. The fourth-order valence-electron chi connectivity index (χ4n) is 1.49. The second kappa shape index (κ2) is 5.88. The summed E-state index contributed by atoms with van der Waals surface area (Å²) in [6.07, 6.45) is 3.20. The molecule has 0 aliphatic rings. The van der Waals surface area contributed by atoms with E-state index in [9.17, 15) is 0 Å². The van der Waals surface area contributed by atoms with Gasteiger partial charge in [-0.15, -0.1) is 0 Å². The van der Waals surface area contributed by atoms with Crippen molar-refractivity contribution in [1.82, 2.24) is 9.97 Å². The lowest BCUT2D eigenvalue weighted by Crippen LogP contribution is -1.95. The molecule has 1 N–H and O–H groups in total. The van der Waals surface area contributed by atoms with Crippen LogP contribution in [0.5, 0.6) is 5.75 Å². The van der Waals surface area contributed by atoms with E-state index in [1.54, 1.807) is 25.4 Å². The van der Waals surface area contributed by atoms with E-state index in [0.717, 1.165) is 5.69 Å². The van der Waals surface area contributed by atoms with Crippen LogP contribution >= 0.6 is 0 Å². The van der Waals surface area contributed by atoms with Crippen molar-refractivity contribution in [2.75, 3.05) is 13.8 Å². The van der Waals surface area contributed by atoms with Crippen LogP contribution in [0.25, 0.3) is 11.4 Å². The van der Waals surface area contributed by atoms with Crippen LogP contribution in [0.2, 0.25) is 0 Å². The maximum Gasteiger partial charge on any atom is 0.134 e. The van der Waals surface area contributed by atoms with Crippen LogP contribution in [0.4, 0.5) is 0 Å². The summed E-state index contributed by atoms with van der Waals surface area (Å²) in [5.74, 6) is 0.671. The summed E-state index contributed by atoms with van der Waals surface area (Å²) in [6, 6.07) is 9.15. The Morgan fingerprint density at radius 3 is 2.89 bits per heavy atom. The maximum atomic E-state index is 8.67. The summed E-state index contributed by atoms with van der Waals surface area (Å²) in [6.45, 7) is -0.266. The number of ether oxygens (including phenoxy) is 1. The van der Waals surface area contributed by atoms with Gasteiger partial charge in [-0.25, -0.2) is 4.98 Å². The number of aliphatic hydroxyl groups excluding tert-OH is 1. The lowest BCUT2D eigenvalue weighted by atomic mass is 10.2. The maximum absolute atomic E-state index is 8.67. The minimum atomic E-state index is -0.266. The Kier molecular flexibility index (Phi) is 3.98. The number of aliphatic imine (C=N–C) groups is 1. The first-order chi connectivity index (χ1) is 8.83. The van der Waals surface area contributed by atoms with Gasteiger partial charge in [-0.1, -0.05) is 6.07 Å². The minimum Gasteiger partial charge on any atom is -0.497 e. The second-order valence-electron chi connectivity index (χ2n) is 3.49. The molecule has 0 aliphatic heterocycles. The zero-order chi connectivity index (χ0) is 12.8. The Labute approximate surface area is 105 Å². The van der Waals surface area contributed by atoms with Crippen LogP contribution in [0, 0.1) is 0 Å². The SMILES string of the molecule is COc1cc(/C=N/CO)nc(-c2ccccn2)c1. The molecule has 2 rings (SSSR count). The van der Waals surface area contributed by atoms with Gasteiger partial charge in [-0.2, -0.15) is 0 Å². The molecule has 92 valence electrons. The number of methoxy groups -OCH3 is 1. The van der Waals surface area contributed by atoms with E-state index in [2.05, 4.69) is 15.0 Å². The van der Waals surface area contributed by atoms with Gasteiger partial charge in [0.1, 0.15) is 12.5 Å². The van der Waals surface area contributed by atoms with Crippen molar-refractivity contribution < 1.29 is 9.84 Å². The highest BCUT2D eigenvalue weighted by Gasteiger charge is 2.05. The van der Waals surface area contributed by atoms with Crippen LogP contribution in [0.1, 0.15) is 5.69 Å². The molecular weight excluding hydrogens is 230 g/mol. The van der Waals surface area contributed by atoms with Gasteiger partial charge in [0.15, 0.2) is 0 Å². The number of hydrogen-bond acceptors (Lipinski definition) is 5. The van der Waals surface area contributed by atoms with Crippen molar-refractivity contribution in [3.8, 4) is 17.1 Å². The number of aliphatic hydroxyl groups is 1. The van der Waals surface area contributed by atoms with Crippen LogP contribution < -0.4 is 4.74 Å². The Bertz CT molecular complexity index is 541. The molecule has 2 aromatic rings. The lowest BCUT2D eigenvalue weighted by Gasteiger charge is -2.05. The molecule has 0 saturated heterocycles. The van der Waals surface area contributed by atoms with Crippen molar-refractivity contribution in [1.29, 1.82) is 0 Å². The van der Waals surface area contributed by atoms with E-state index in [-0.39, 0.29) is 6.73 Å². The van der Waals surface area contributed by atoms with E-state index < -0.39 is 0 Å². The van der Waals surface area contributed by atoms with Crippen molar-refractivity contribution in [3.05, 3.63) is 42.2 Å². The summed E-state index contributed by atoms with van der Waals surface area (Å²) in [5, 5.41) is 8.67. The van der Waals surface area contributed by atoms with Crippen LogP contribution in [-0.4, -0.2) is 35.1 Å². The van der Waals surface area contributed by atoms with Gasteiger partial charge in [0, 0.05) is 24.5 Å². The molecule has 2 heterocycles. The van der Waals surface area contributed by atoms with Crippen molar-refractivity contribution in [3.63, 3.8) is 0 Å². The average molecular weight is 243 g/mol. The molecule has 2 aromatic heterocycles. The first kappa shape index (κ1) is 12.2. The molecule has 5 heteroatoms. The first-order valence-electron chi connectivity index (χ1n) is 5.41. The number of rotatable bonds is 4. The molecule has 0 bridgehead atoms. The van der Waals surface area contributed by atoms with Gasteiger partial charge in [0.25, 0.3) is 0 Å². The van der Waals surface area contributed by atoms with E-state index in [4.69, 9.17) is 9.84 Å². The van der Waals surface area contributed by atoms with Crippen molar-refractivity contribution in [2.45, 2.75) is 0 Å². The van der Waals surface area contributed by atoms with Gasteiger partial charge >= 0.3 is 0 Å². The second-order valence-corrected chi connectivity index (χ2v) is 3.49. The van der Waals surface area contributed by atoms with Crippen molar-refractivity contribution in [2.24, 2.45) is 4.99 Å². The lowest BCUT2D eigenvalue weighted by molar-refractivity contribution is 0.310. The van der Waals surface area contributed by atoms with Crippen molar-refractivity contribution >= 4 is 6.21 Å². The predicted molar refractivity (Wildman–Crippen MR) is 68.7 cm³/mol. The highest BCUT2D eigenvalue weighted by molar-refractivity contribution is 5.79. The van der Waals surface area contributed by atoms with Gasteiger partial charge in [0.05, 0.1) is 24.2 Å². The number of hydrogen-bond donors (Lipinski definition) is 1. The van der Waals surface area contributed by atoms with E-state index >= 15 is 0 Å². The quantitative estimate of drug-likeness (QED) is 0.827. The monoisotopic (exact) mass is 243 g/mol. The Morgan fingerprint density at radius 1 is 1.33 bits per heavy atom. The Balaban J connectivity index is 2.44. The zero-order valence-corrected chi connectivity index (χ0v) is 9.95. The number of aromatic nitrogens is 2. The molecule has 0 atom stereocenters. The molecule has 0 spiro atoms. The normalized spacial score (nSPS) is 10.8. The molecule has 0 radical (unpaired) electrons. The number of pyridine rings is 2. The van der Waals surface area contributed by atoms with Gasteiger partial charge in [-0.05, 0) is 12.1 Å². The summed E-state index contributed by atoms with van der Waals surface area (Å²) in [7, 11) is 1.59. The molecule has 0 fully saturated rings. The largest absolute Gasteiger partial charge is 0.497 e. The third-order valence-corrected chi connectivity index (χ3v) is 2.29. The molecule has 0 aromatic carbocycles. The number of nitrogens with zero attached hydrogens (tertiary/aromatic N) is 3. The highest BCUT2D eigenvalue weighted by Crippen LogP contribution is 2.20. The molecule has 0 unspecified atom stereocenters. The summed E-state index contributed by atoms with van der Waals surface area (Å²) < 4.78 is 5.21. The predicted octanol–water partition coefficient (Wildman–Crippen LogP) is 1.52. The smallest absolute Gasteiger partial charge is 0.134 e.